The van der Waals surface area contributed by atoms with Gasteiger partial charge in [-0.15, -0.1) is 0 Å². The van der Waals surface area contributed by atoms with Crippen LogP contribution in [0.15, 0.2) is 27.6 Å². The van der Waals surface area contributed by atoms with E-state index < -0.39 is 5.63 Å². The van der Waals surface area contributed by atoms with Crippen LogP contribution >= 0.6 is 0 Å². The summed E-state index contributed by atoms with van der Waals surface area (Å²) >= 11 is 0. The molecule has 0 aromatic carbocycles. The van der Waals surface area contributed by atoms with Crippen molar-refractivity contribution < 1.29 is 26.6 Å². The van der Waals surface area contributed by atoms with Gasteiger partial charge in [-0.1, -0.05) is 0 Å². The molecule has 0 saturated carbocycles. The maximum atomic E-state index is 10.2. The van der Waals surface area contributed by atoms with Gasteiger partial charge in [0, 0.05) is 23.1 Å². The smallest absolute Gasteiger partial charge is 0.339 e. The van der Waals surface area contributed by atoms with Gasteiger partial charge in [0.05, 0.1) is 12.3 Å². The summed E-state index contributed by atoms with van der Waals surface area (Å²) in [5.74, 6) is -0.0683. The van der Waals surface area contributed by atoms with E-state index in [1.54, 1.807) is 6.92 Å². The van der Waals surface area contributed by atoms with E-state index in [2.05, 4.69) is 11.3 Å². The topological polar surface area (TPSA) is 50.4 Å². The first-order valence-electron chi connectivity index (χ1n) is 2.77. The molecule has 0 aliphatic carbocycles. The largest absolute Gasteiger partial charge is 0.508 e. The van der Waals surface area contributed by atoms with Crippen LogP contribution in [0.4, 0.5) is 0 Å². The summed E-state index contributed by atoms with van der Waals surface area (Å²) in [6.45, 7) is 5.00. The van der Waals surface area contributed by atoms with E-state index >= 15 is 0 Å². The van der Waals surface area contributed by atoms with Crippen LogP contribution in [0.25, 0.3) is 0 Å². The molecule has 0 bridgehead atoms. The standard InChI is InChI=1S/C5H4O3.C2H5.Fe/c6-4-1-2-8-5(7)3-4;1-2;/h1-3,6H;1H2,2H3;/q;-1;. The van der Waals surface area contributed by atoms with E-state index in [0.717, 1.165) is 12.3 Å². The molecule has 0 fully saturated rings. The predicted molar refractivity (Wildman–Crippen MR) is 37.7 cm³/mol. The summed E-state index contributed by atoms with van der Waals surface area (Å²) in [6.07, 6.45) is 1.14. The fraction of sp³-hybridized carbons (Fsp3) is 0.143. The van der Waals surface area contributed by atoms with Crippen LogP contribution in [0, 0.1) is 6.92 Å². The first kappa shape index (κ1) is 12.9. The van der Waals surface area contributed by atoms with Crippen LogP contribution < -0.4 is 5.63 Å². The molecule has 0 aliphatic heterocycles. The molecular formula is C7H9FeO3-. The molecule has 1 aromatic heterocycles. The zero-order chi connectivity index (χ0) is 7.98. The Kier molecular flexibility index (Phi) is 8.65. The van der Waals surface area contributed by atoms with Crippen molar-refractivity contribution in [2.75, 3.05) is 0 Å². The van der Waals surface area contributed by atoms with E-state index in [1.807, 2.05) is 0 Å². The molecule has 0 unspecified atom stereocenters. The van der Waals surface area contributed by atoms with Crippen LogP contribution in [0.3, 0.4) is 0 Å². The van der Waals surface area contributed by atoms with Gasteiger partial charge in [0.2, 0.25) is 0 Å². The molecule has 3 nitrogen and oxygen atoms in total. The van der Waals surface area contributed by atoms with Crippen LogP contribution in [-0.2, 0) is 17.1 Å². The van der Waals surface area contributed by atoms with Crippen LogP contribution in [0.1, 0.15) is 6.92 Å². The summed E-state index contributed by atoms with van der Waals surface area (Å²) in [5.41, 5.74) is -0.537. The normalized spacial score (nSPS) is 7.09. The molecule has 0 aliphatic rings. The van der Waals surface area contributed by atoms with Gasteiger partial charge in [0.1, 0.15) is 5.75 Å². The minimum Gasteiger partial charge on any atom is -0.508 e. The average Bonchev–Trinajstić information content (AvgIpc) is 1.91. The fourth-order valence-corrected chi connectivity index (χ4v) is 0.374. The van der Waals surface area contributed by atoms with Crippen molar-refractivity contribution >= 4 is 0 Å². The summed E-state index contributed by atoms with van der Waals surface area (Å²) in [6, 6.07) is 2.29. The molecule has 0 atom stereocenters. The van der Waals surface area contributed by atoms with Crippen molar-refractivity contribution in [1.29, 1.82) is 0 Å². The third-order valence-electron chi connectivity index (χ3n) is 0.689. The Balaban J connectivity index is 0. The van der Waals surface area contributed by atoms with Gasteiger partial charge in [-0.25, -0.2) is 4.79 Å². The van der Waals surface area contributed by atoms with Crippen LogP contribution in [0.5, 0.6) is 5.75 Å². The first-order chi connectivity index (χ1) is 4.79. The Labute approximate surface area is 75.5 Å². The van der Waals surface area contributed by atoms with Crippen molar-refractivity contribution in [3.05, 3.63) is 35.7 Å². The van der Waals surface area contributed by atoms with E-state index in [-0.39, 0.29) is 22.8 Å². The maximum Gasteiger partial charge on any atom is 0.339 e. The summed E-state index contributed by atoms with van der Waals surface area (Å²) in [4.78, 5) is 10.2. The number of hydrogen-bond donors (Lipinski definition) is 1. The molecule has 1 N–H and O–H groups in total. The third-order valence-corrected chi connectivity index (χ3v) is 0.689. The third kappa shape index (κ3) is 5.70. The van der Waals surface area contributed by atoms with Crippen molar-refractivity contribution in [3.63, 3.8) is 0 Å². The van der Waals surface area contributed by atoms with E-state index in [9.17, 15) is 4.79 Å². The molecule has 0 amide bonds. The number of aromatic hydroxyl groups is 1. The summed E-state index contributed by atoms with van der Waals surface area (Å²) in [5, 5.41) is 8.55. The monoisotopic (exact) mass is 197 g/mol. The first-order valence-corrected chi connectivity index (χ1v) is 2.77. The quantitative estimate of drug-likeness (QED) is 0.501. The molecule has 4 heteroatoms. The fourth-order valence-electron chi connectivity index (χ4n) is 0.374. The molecule has 0 spiro atoms. The van der Waals surface area contributed by atoms with Gasteiger partial charge in [-0.2, -0.15) is 6.92 Å². The van der Waals surface area contributed by atoms with Crippen molar-refractivity contribution in [2.24, 2.45) is 0 Å². The van der Waals surface area contributed by atoms with Gasteiger partial charge in [-0.3, -0.25) is 0 Å². The summed E-state index contributed by atoms with van der Waals surface area (Å²) < 4.78 is 4.29. The minimum absolute atomic E-state index is 0. The molecule has 64 valence electrons. The van der Waals surface area contributed by atoms with Crippen molar-refractivity contribution in [2.45, 2.75) is 6.92 Å². The maximum absolute atomic E-state index is 10.2. The van der Waals surface area contributed by atoms with Gasteiger partial charge in [0.25, 0.3) is 0 Å². The van der Waals surface area contributed by atoms with Crippen LogP contribution in [-0.4, -0.2) is 5.11 Å². The SMILES string of the molecule is O=c1cc(O)cco1.[CH2-]C.[Fe]. The Morgan fingerprint density at radius 1 is 1.55 bits per heavy atom. The number of hydrogen-bond acceptors (Lipinski definition) is 3. The van der Waals surface area contributed by atoms with Gasteiger partial charge < -0.3 is 16.4 Å². The second-order valence-corrected chi connectivity index (χ2v) is 1.31. The Bertz CT molecular complexity index is 231. The molecule has 1 aromatic rings. The summed E-state index contributed by atoms with van der Waals surface area (Å²) in [7, 11) is 0. The van der Waals surface area contributed by atoms with Crippen molar-refractivity contribution in [1.82, 2.24) is 0 Å². The van der Waals surface area contributed by atoms with Crippen LogP contribution in [0.2, 0.25) is 0 Å². The van der Waals surface area contributed by atoms with E-state index in [4.69, 9.17) is 5.11 Å². The van der Waals surface area contributed by atoms with Gasteiger partial charge in [-0.05, 0) is 0 Å². The Morgan fingerprint density at radius 3 is 2.36 bits per heavy atom. The van der Waals surface area contributed by atoms with E-state index in [1.165, 1.54) is 6.07 Å². The minimum atomic E-state index is -0.537. The molecule has 1 heterocycles. The van der Waals surface area contributed by atoms with Gasteiger partial charge in [0.15, 0.2) is 0 Å². The zero-order valence-corrected chi connectivity index (χ0v) is 7.16. The zero-order valence-electron chi connectivity index (χ0n) is 6.06. The second-order valence-electron chi connectivity index (χ2n) is 1.31. The molecule has 1 rings (SSSR count). The molecule has 11 heavy (non-hydrogen) atoms. The molecular weight excluding hydrogens is 188 g/mol. The van der Waals surface area contributed by atoms with Gasteiger partial charge >= 0.3 is 5.63 Å². The van der Waals surface area contributed by atoms with E-state index in [0.29, 0.717) is 0 Å². The second kappa shape index (κ2) is 7.38. The Hall–Kier alpha value is -0.731. The molecule has 0 radical (unpaired) electrons. The predicted octanol–water partition coefficient (Wildman–Crippen LogP) is 1.18. The van der Waals surface area contributed by atoms with Crippen molar-refractivity contribution in [3.8, 4) is 5.75 Å². The average molecular weight is 197 g/mol. The number of rotatable bonds is 0. The Morgan fingerprint density at radius 2 is 2.09 bits per heavy atom. The molecule has 0 saturated heterocycles.